The molecular formula is C27H36N4O4. The van der Waals surface area contributed by atoms with Gasteiger partial charge in [0.2, 0.25) is 5.91 Å². The van der Waals surface area contributed by atoms with Crippen molar-refractivity contribution in [3.05, 3.63) is 48.0 Å². The van der Waals surface area contributed by atoms with E-state index in [2.05, 4.69) is 44.3 Å². The van der Waals surface area contributed by atoms with Gasteiger partial charge >= 0.3 is 0 Å². The number of ether oxygens (including phenoxy) is 3. The number of nitrogens with zero attached hydrogens (tertiary/aromatic N) is 3. The Balaban J connectivity index is 1.33. The number of anilines is 2. The molecule has 3 aliphatic heterocycles. The van der Waals surface area contributed by atoms with E-state index in [0.29, 0.717) is 6.54 Å². The third-order valence-corrected chi connectivity index (χ3v) is 7.53. The molecular weight excluding hydrogens is 444 g/mol. The van der Waals surface area contributed by atoms with Gasteiger partial charge in [0.15, 0.2) is 0 Å². The van der Waals surface area contributed by atoms with Gasteiger partial charge < -0.3 is 29.3 Å². The minimum atomic E-state index is -0.110. The first-order valence-corrected chi connectivity index (χ1v) is 12.6. The summed E-state index contributed by atoms with van der Waals surface area (Å²) in [6.45, 7) is 7.49. The number of benzene rings is 2. The van der Waals surface area contributed by atoms with Gasteiger partial charge in [-0.3, -0.25) is 9.69 Å². The third kappa shape index (κ3) is 5.18. The Kier molecular flexibility index (Phi) is 7.29. The average molecular weight is 481 g/mol. The normalized spacial score (nSPS) is 22.2. The van der Waals surface area contributed by atoms with E-state index in [-0.39, 0.29) is 17.9 Å². The molecule has 8 nitrogen and oxygen atoms in total. The van der Waals surface area contributed by atoms with Crippen LogP contribution in [-0.2, 0) is 16.0 Å². The lowest BCUT2D eigenvalue weighted by Crippen LogP contribution is -2.61. The lowest BCUT2D eigenvalue weighted by Gasteiger charge is -2.49. The molecule has 0 radical (unpaired) electrons. The first-order valence-electron chi connectivity index (χ1n) is 12.6. The summed E-state index contributed by atoms with van der Waals surface area (Å²) in [4.78, 5) is 20.7. The van der Waals surface area contributed by atoms with Crippen molar-refractivity contribution in [2.24, 2.45) is 5.92 Å². The second kappa shape index (κ2) is 10.7. The van der Waals surface area contributed by atoms with Crippen molar-refractivity contribution in [3.63, 3.8) is 0 Å². The van der Waals surface area contributed by atoms with Gasteiger partial charge in [0, 0.05) is 63.3 Å². The zero-order valence-electron chi connectivity index (χ0n) is 20.7. The number of morpholine rings is 1. The molecule has 2 aromatic carbocycles. The summed E-state index contributed by atoms with van der Waals surface area (Å²) in [5.74, 6) is 1.74. The van der Waals surface area contributed by atoms with Gasteiger partial charge in [0.25, 0.3) is 0 Å². The highest BCUT2D eigenvalue weighted by molar-refractivity contribution is 5.82. The molecule has 2 fully saturated rings. The number of carbonyl (C=O) groups is 1. The van der Waals surface area contributed by atoms with E-state index < -0.39 is 0 Å². The molecule has 5 rings (SSSR count). The van der Waals surface area contributed by atoms with Crippen molar-refractivity contribution >= 4 is 17.3 Å². The Morgan fingerprint density at radius 1 is 1.00 bits per heavy atom. The van der Waals surface area contributed by atoms with Crippen molar-refractivity contribution in [3.8, 4) is 11.5 Å². The van der Waals surface area contributed by atoms with E-state index in [1.54, 1.807) is 14.2 Å². The maximum absolute atomic E-state index is 13.5. The monoisotopic (exact) mass is 480 g/mol. The molecule has 1 N–H and O–H groups in total. The first-order chi connectivity index (χ1) is 17.2. The van der Waals surface area contributed by atoms with E-state index in [1.807, 2.05) is 18.2 Å². The van der Waals surface area contributed by atoms with Crippen LogP contribution in [0.15, 0.2) is 42.5 Å². The Bertz CT molecular complexity index is 1010. The molecule has 2 saturated heterocycles. The van der Waals surface area contributed by atoms with Crippen LogP contribution in [0.2, 0.25) is 0 Å². The van der Waals surface area contributed by atoms with Gasteiger partial charge in [-0.15, -0.1) is 0 Å². The van der Waals surface area contributed by atoms with Crippen LogP contribution >= 0.6 is 0 Å². The van der Waals surface area contributed by atoms with Gasteiger partial charge in [-0.25, -0.2) is 0 Å². The average Bonchev–Trinajstić information content (AvgIpc) is 2.92. The summed E-state index contributed by atoms with van der Waals surface area (Å²) >= 11 is 0. The number of hydrogen-bond acceptors (Lipinski definition) is 7. The molecule has 3 aliphatic rings. The second-order valence-electron chi connectivity index (χ2n) is 9.46. The zero-order chi connectivity index (χ0) is 24.2. The van der Waals surface area contributed by atoms with Gasteiger partial charge in [-0.1, -0.05) is 6.07 Å². The predicted octanol–water partition coefficient (Wildman–Crippen LogP) is 2.02. The van der Waals surface area contributed by atoms with Crippen molar-refractivity contribution in [1.82, 2.24) is 10.2 Å². The molecule has 1 amide bonds. The fraction of sp³-hybridized carbons (Fsp3) is 0.519. The van der Waals surface area contributed by atoms with Gasteiger partial charge in [0.1, 0.15) is 11.5 Å². The summed E-state index contributed by atoms with van der Waals surface area (Å²) < 4.78 is 16.3. The fourth-order valence-electron chi connectivity index (χ4n) is 5.53. The molecule has 2 aromatic rings. The highest BCUT2D eigenvalue weighted by Gasteiger charge is 2.41. The largest absolute Gasteiger partial charge is 0.497 e. The van der Waals surface area contributed by atoms with Crippen LogP contribution in [0, 0.1) is 5.92 Å². The smallest absolute Gasteiger partial charge is 0.225 e. The molecule has 8 heteroatoms. The van der Waals surface area contributed by atoms with Crippen LogP contribution in [0.1, 0.15) is 5.56 Å². The van der Waals surface area contributed by atoms with Gasteiger partial charge in [-0.2, -0.15) is 0 Å². The summed E-state index contributed by atoms with van der Waals surface area (Å²) in [6, 6.07) is 14.5. The van der Waals surface area contributed by atoms with Crippen LogP contribution in [-0.4, -0.2) is 90.1 Å². The van der Waals surface area contributed by atoms with E-state index in [4.69, 9.17) is 14.2 Å². The SMILES string of the molecule is COc1ccc(N2CCN3c4cc(OC)ccc4CC(C(=O)NCCN4CCOCC4)C3C2)cc1. The first kappa shape index (κ1) is 23.8. The molecule has 0 bridgehead atoms. The molecule has 2 atom stereocenters. The topological polar surface area (TPSA) is 66.5 Å². The number of fused-ring (bicyclic) bond motifs is 3. The minimum absolute atomic E-state index is 0.0915. The molecule has 0 aromatic heterocycles. The van der Waals surface area contributed by atoms with E-state index in [9.17, 15) is 4.79 Å². The van der Waals surface area contributed by atoms with Crippen molar-refractivity contribution in [2.75, 3.05) is 83.0 Å². The number of nitrogens with one attached hydrogen (secondary N) is 1. The number of amides is 1. The molecule has 2 unspecified atom stereocenters. The van der Waals surface area contributed by atoms with Crippen molar-refractivity contribution in [1.29, 1.82) is 0 Å². The number of rotatable bonds is 7. The highest BCUT2D eigenvalue weighted by atomic mass is 16.5. The molecule has 0 saturated carbocycles. The van der Waals surface area contributed by atoms with Gasteiger partial charge in [-0.05, 0) is 42.3 Å². The predicted molar refractivity (Wildman–Crippen MR) is 137 cm³/mol. The molecule has 3 heterocycles. The Hall–Kier alpha value is -2.97. The summed E-state index contributed by atoms with van der Waals surface area (Å²) in [5, 5.41) is 3.25. The van der Waals surface area contributed by atoms with E-state index in [1.165, 1.54) is 11.3 Å². The maximum Gasteiger partial charge on any atom is 0.225 e. The maximum atomic E-state index is 13.5. The Labute approximate surface area is 207 Å². The van der Waals surface area contributed by atoms with Crippen LogP contribution < -0.4 is 24.6 Å². The lowest BCUT2D eigenvalue weighted by molar-refractivity contribution is -0.125. The van der Waals surface area contributed by atoms with Crippen LogP contribution in [0.3, 0.4) is 0 Å². The van der Waals surface area contributed by atoms with E-state index in [0.717, 1.165) is 76.1 Å². The van der Waals surface area contributed by atoms with Gasteiger partial charge in [0.05, 0.1) is 39.4 Å². The minimum Gasteiger partial charge on any atom is -0.497 e. The number of carbonyl (C=O) groups excluding carboxylic acids is 1. The van der Waals surface area contributed by atoms with Crippen LogP contribution in [0.4, 0.5) is 11.4 Å². The summed E-state index contributed by atoms with van der Waals surface area (Å²) in [7, 11) is 3.39. The van der Waals surface area contributed by atoms with Crippen molar-refractivity contribution in [2.45, 2.75) is 12.5 Å². The summed E-state index contributed by atoms with van der Waals surface area (Å²) in [5.41, 5.74) is 3.57. The Morgan fingerprint density at radius 3 is 2.49 bits per heavy atom. The van der Waals surface area contributed by atoms with Crippen LogP contribution in [0.5, 0.6) is 11.5 Å². The second-order valence-corrected chi connectivity index (χ2v) is 9.46. The highest BCUT2D eigenvalue weighted by Crippen LogP contribution is 2.39. The van der Waals surface area contributed by atoms with Crippen molar-refractivity contribution < 1.29 is 19.0 Å². The standard InChI is InChI=1S/C27H36N4O4/c1-33-22-7-4-21(5-8-22)30-11-12-31-25-18-23(34-2)6-3-20(25)17-24(26(31)19-30)27(32)28-9-10-29-13-15-35-16-14-29/h3-8,18,24,26H,9-17,19H2,1-2H3,(H,28,32). The molecule has 0 aliphatic carbocycles. The fourth-order valence-corrected chi connectivity index (χ4v) is 5.53. The van der Waals surface area contributed by atoms with Crippen LogP contribution in [0.25, 0.3) is 0 Å². The number of methoxy groups -OCH3 is 2. The third-order valence-electron chi connectivity index (χ3n) is 7.53. The molecule has 188 valence electrons. The number of hydrogen-bond donors (Lipinski definition) is 1. The Morgan fingerprint density at radius 2 is 1.74 bits per heavy atom. The molecule has 35 heavy (non-hydrogen) atoms. The van der Waals surface area contributed by atoms with E-state index >= 15 is 0 Å². The quantitative estimate of drug-likeness (QED) is 0.651. The lowest BCUT2D eigenvalue weighted by atomic mass is 9.83. The molecule has 0 spiro atoms. The number of piperazine rings is 1. The zero-order valence-corrected chi connectivity index (χ0v) is 20.7. The summed E-state index contributed by atoms with van der Waals surface area (Å²) in [6.07, 6.45) is 0.736.